The molecule has 0 spiro atoms. The molecule has 3 atom stereocenters. The molecule has 0 bridgehead atoms. The van der Waals surface area contributed by atoms with Crippen molar-refractivity contribution in [2.45, 2.75) is 26.3 Å². The summed E-state index contributed by atoms with van der Waals surface area (Å²) in [6.45, 7) is 12.2. The zero-order chi connectivity index (χ0) is 11.5. The molecule has 3 heteroatoms. The quantitative estimate of drug-likeness (QED) is 0.769. The lowest BCUT2D eigenvalue weighted by Gasteiger charge is -2.40. The van der Waals surface area contributed by atoms with Crippen LogP contribution >= 0.6 is 0 Å². The number of hydrogen-bond donors (Lipinski definition) is 1. The standard InChI is InChI=1S/C13H27N3/c1-4-13-10-16(6-5-15(13)3)9-12-8-14-7-11(12)2/h11-14H,4-10H2,1-3H3. The number of nitrogens with one attached hydrogen (secondary N) is 1. The van der Waals surface area contributed by atoms with Crippen molar-refractivity contribution >= 4 is 0 Å². The lowest BCUT2D eigenvalue weighted by molar-refractivity contribution is 0.0793. The van der Waals surface area contributed by atoms with E-state index < -0.39 is 0 Å². The van der Waals surface area contributed by atoms with E-state index in [1.807, 2.05) is 0 Å². The molecule has 3 unspecified atom stereocenters. The topological polar surface area (TPSA) is 18.5 Å². The smallest absolute Gasteiger partial charge is 0.0218 e. The van der Waals surface area contributed by atoms with Gasteiger partial charge in [0.15, 0.2) is 0 Å². The van der Waals surface area contributed by atoms with Crippen LogP contribution in [0, 0.1) is 11.8 Å². The van der Waals surface area contributed by atoms with Crippen molar-refractivity contribution < 1.29 is 0 Å². The van der Waals surface area contributed by atoms with Gasteiger partial charge in [-0.2, -0.15) is 0 Å². The van der Waals surface area contributed by atoms with Crippen LogP contribution in [0.5, 0.6) is 0 Å². The van der Waals surface area contributed by atoms with Gasteiger partial charge in [0.25, 0.3) is 0 Å². The van der Waals surface area contributed by atoms with Crippen LogP contribution in [-0.4, -0.2) is 62.2 Å². The van der Waals surface area contributed by atoms with Crippen molar-refractivity contribution in [3.8, 4) is 0 Å². The first-order valence-corrected chi connectivity index (χ1v) is 6.84. The molecule has 2 fully saturated rings. The highest BCUT2D eigenvalue weighted by Crippen LogP contribution is 2.19. The Bertz CT molecular complexity index is 219. The minimum atomic E-state index is 0.776. The Labute approximate surface area is 100 Å². The van der Waals surface area contributed by atoms with Gasteiger partial charge in [0.2, 0.25) is 0 Å². The van der Waals surface area contributed by atoms with E-state index >= 15 is 0 Å². The fourth-order valence-electron chi connectivity index (χ4n) is 3.06. The van der Waals surface area contributed by atoms with E-state index in [2.05, 4.69) is 36.0 Å². The van der Waals surface area contributed by atoms with Crippen molar-refractivity contribution in [2.75, 3.05) is 46.3 Å². The van der Waals surface area contributed by atoms with Crippen LogP contribution in [0.2, 0.25) is 0 Å². The molecular formula is C13H27N3. The van der Waals surface area contributed by atoms with Gasteiger partial charge in [-0.15, -0.1) is 0 Å². The van der Waals surface area contributed by atoms with E-state index in [9.17, 15) is 0 Å². The first-order valence-electron chi connectivity index (χ1n) is 6.84. The molecule has 0 radical (unpaired) electrons. The summed E-state index contributed by atoms with van der Waals surface area (Å²) in [5.74, 6) is 1.74. The Balaban J connectivity index is 1.81. The van der Waals surface area contributed by atoms with E-state index in [0.717, 1.165) is 17.9 Å². The van der Waals surface area contributed by atoms with Gasteiger partial charge in [-0.05, 0) is 38.4 Å². The maximum absolute atomic E-state index is 3.51. The van der Waals surface area contributed by atoms with Gasteiger partial charge in [0, 0.05) is 32.2 Å². The van der Waals surface area contributed by atoms with E-state index in [-0.39, 0.29) is 0 Å². The summed E-state index contributed by atoms with van der Waals surface area (Å²) in [6, 6.07) is 0.776. The lowest BCUT2D eigenvalue weighted by Crippen LogP contribution is -2.52. The Kier molecular flexibility index (Phi) is 4.22. The Morgan fingerprint density at radius 2 is 2.06 bits per heavy atom. The number of hydrogen-bond acceptors (Lipinski definition) is 3. The maximum Gasteiger partial charge on any atom is 0.0218 e. The van der Waals surface area contributed by atoms with Gasteiger partial charge < -0.3 is 15.1 Å². The Hall–Kier alpha value is -0.120. The maximum atomic E-state index is 3.51. The molecule has 2 heterocycles. The van der Waals surface area contributed by atoms with Gasteiger partial charge >= 0.3 is 0 Å². The van der Waals surface area contributed by atoms with Crippen LogP contribution in [0.3, 0.4) is 0 Å². The van der Waals surface area contributed by atoms with Crippen molar-refractivity contribution in [3.05, 3.63) is 0 Å². The van der Waals surface area contributed by atoms with Crippen molar-refractivity contribution in [1.82, 2.24) is 15.1 Å². The normalized spacial score (nSPS) is 38.1. The van der Waals surface area contributed by atoms with Gasteiger partial charge in [0.05, 0.1) is 0 Å². The second kappa shape index (κ2) is 5.48. The SMILES string of the molecule is CCC1CN(CC2CNCC2C)CCN1C. The van der Waals surface area contributed by atoms with Crippen LogP contribution in [0.4, 0.5) is 0 Å². The largest absolute Gasteiger partial charge is 0.316 e. The monoisotopic (exact) mass is 225 g/mol. The van der Waals surface area contributed by atoms with Crippen LogP contribution in [-0.2, 0) is 0 Å². The number of likely N-dealkylation sites (N-methyl/N-ethyl adjacent to an activating group) is 1. The molecular weight excluding hydrogens is 198 g/mol. The molecule has 2 aliphatic rings. The highest BCUT2D eigenvalue weighted by atomic mass is 15.3. The zero-order valence-electron chi connectivity index (χ0n) is 11.1. The van der Waals surface area contributed by atoms with Crippen molar-refractivity contribution in [3.63, 3.8) is 0 Å². The fourth-order valence-corrected chi connectivity index (χ4v) is 3.06. The van der Waals surface area contributed by atoms with E-state index in [1.165, 1.54) is 45.7 Å². The van der Waals surface area contributed by atoms with Crippen LogP contribution < -0.4 is 5.32 Å². The van der Waals surface area contributed by atoms with Crippen LogP contribution in [0.1, 0.15) is 20.3 Å². The van der Waals surface area contributed by atoms with E-state index in [1.54, 1.807) is 0 Å². The summed E-state index contributed by atoms with van der Waals surface area (Å²) in [7, 11) is 2.27. The third-order valence-corrected chi connectivity index (χ3v) is 4.50. The molecule has 0 aliphatic carbocycles. The summed E-state index contributed by atoms with van der Waals surface area (Å²) in [4.78, 5) is 5.20. The minimum Gasteiger partial charge on any atom is -0.316 e. The first-order chi connectivity index (χ1) is 7.70. The van der Waals surface area contributed by atoms with E-state index in [4.69, 9.17) is 0 Å². The third-order valence-electron chi connectivity index (χ3n) is 4.50. The second-order valence-electron chi connectivity index (χ2n) is 5.70. The second-order valence-corrected chi connectivity index (χ2v) is 5.70. The van der Waals surface area contributed by atoms with Crippen LogP contribution in [0.15, 0.2) is 0 Å². The molecule has 1 N–H and O–H groups in total. The van der Waals surface area contributed by atoms with Gasteiger partial charge in [-0.3, -0.25) is 0 Å². The van der Waals surface area contributed by atoms with E-state index in [0.29, 0.717) is 0 Å². The molecule has 94 valence electrons. The number of piperazine rings is 1. The van der Waals surface area contributed by atoms with Crippen molar-refractivity contribution in [2.24, 2.45) is 11.8 Å². The Morgan fingerprint density at radius 1 is 1.25 bits per heavy atom. The molecule has 0 aromatic carbocycles. The molecule has 2 rings (SSSR count). The zero-order valence-corrected chi connectivity index (χ0v) is 11.1. The molecule has 0 amide bonds. The highest BCUT2D eigenvalue weighted by Gasteiger charge is 2.28. The molecule has 0 saturated carbocycles. The summed E-state index contributed by atoms with van der Waals surface area (Å²) in [5.41, 5.74) is 0. The van der Waals surface area contributed by atoms with Gasteiger partial charge in [0.1, 0.15) is 0 Å². The highest BCUT2D eigenvalue weighted by molar-refractivity contribution is 4.85. The number of rotatable bonds is 3. The summed E-state index contributed by atoms with van der Waals surface area (Å²) >= 11 is 0. The van der Waals surface area contributed by atoms with Crippen LogP contribution in [0.25, 0.3) is 0 Å². The van der Waals surface area contributed by atoms with Gasteiger partial charge in [-0.1, -0.05) is 13.8 Å². The average molecular weight is 225 g/mol. The summed E-state index contributed by atoms with van der Waals surface area (Å²) in [6.07, 6.45) is 1.28. The lowest BCUT2D eigenvalue weighted by atomic mass is 9.97. The predicted octanol–water partition coefficient (Wildman–Crippen LogP) is 0.868. The minimum absolute atomic E-state index is 0.776. The molecule has 0 aromatic heterocycles. The predicted molar refractivity (Wildman–Crippen MR) is 68.7 cm³/mol. The summed E-state index contributed by atoms with van der Waals surface area (Å²) < 4.78 is 0. The first kappa shape index (κ1) is 12.3. The number of nitrogens with zero attached hydrogens (tertiary/aromatic N) is 2. The summed E-state index contributed by atoms with van der Waals surface area (Å²) in [5, 5.41) is 3.51. The molecule has 2 aliphatic heterocycles. The molecule has 0 aromatic rings. The van der Waals surface area contributed by atoms with Gasteiger partial charge in [-0.25, -0.2) is 0 Å². The third kappa shape index (κ3) is 2.76. The molecule has 16 heavy (non-hydrogen) atoms. The fraction of sp³-hybridized carbons (Fsp3) is 1.00. The molecule has 2 saturated heterocycles. The Morgan fingerprint density at radius 3 is 2.69 bits per heavy atom. The molecule has 3 nitrogen and oxygen atoms in total. The van der Waals surface area contributed by atoms with Crippen molar-refractivity contribution in [1.29, 1.82) is 0 Å². The average Bonchev–Trinajstić information content (AvgIpc) is 2.67.